The Morgan fingerprint density at radius 2 is 2.39 bits per heavy atom. The van der Waals surface area contributed by atoms with Gasteiger partial charge in [0.1, 0.15) is 5.82 Å². The standard InChI is InChI=1S/C10H14N6OS/c1-2-11-10-16-15-9(18-10)8(17)14-4-3-7-12-5-6-13-7/h5-6H,2-4H2,1H3,(H,11,16)(H,12,13)(H,14,17). The molecule has 0 spiro atoms. The highest BCUT2D eigenvalue weighted by Crippen LogP contribution is 2.14. The van der Waals surface area contributed by atoms with Crippen molar-refractivity contribution in [2.24, 2.45) is 0 Å². The maximum atomic E-state index is 11.7. The van der Waals surface area contributed by atoms with Gasteiger partial charge < -0.3 is 15.6 Å². The number of carbonyl (C=O) groups is 1. The monoisotopic (exact) mass is 266 g/mol. The van der Waals surface area contributed by atoms with E-state index in [1.54, 1.807) is 12.4 Å². The summed E-state index contributed by atoms with van der Waals surface area (Å²) in [5, 5.41) is 14.5. The van der Waals surface area contributed by atoms with Crippen LogP contribution in [0.15, 0.2) is 12.4 Å². The molecule has 3 N–H and O–H groups in total. The van der Waals surface area contributed by atoms with Gasteiger partial charge in [0.2, 0.25) is 10.1 Å². The zero-order chi connectivity index (χ0) is 12.8. The molecule has 0 aliphatic rings. The Hall–Kier alpha value is -1.96. The summed E-state index contributed by atoms with van der Waals surface area (Å²) in [6.45, 7) is 3.24. The van der Waals surface area contributed by atoms with Crippen LogP contribution in [-0.2, 0) is 6.42 Å². The number of imidazole rings is 1. The number of rotatable bonds is 6. The van der Waals surface area contributed by atoms with Crippen molar-refractivity contribution in [3.8, 4) is 0 Å². The van der Waals surface area contributed by atoms with Gasteiger partial charge in [0.25, 0.3) is 5.91 Å². The van der Waals surface area contributed by atoms with Crippen molar-refractivity contribution in [2.45, 2.75) is 13.3 Å². The molecule has 0 aliphatic heterocycles. The first-order valence-corrected chi connectivity index (χ1v) is 6.45. The number of H-pyrrole nitrogens is 1. The largest absolute Gasteiger partial charge is 0.360 e. The maximum absolute atomic E-state index is 11.7. The van der Waals surface area contributed by atoms with Gasteiger partial charge in [0, 0.05) is 31.9 Å². The van der Waals surface area contributed by atoms with Crippen LogP contribution in [0.25, 0.3) is 0 Å². The molecule has 0 radical (unpaired) electrons. The topological polar surface area (TPSA) is 95.6 Å². The van der Waals surface area contributed by atoms with Gasteiger partial charge in [-0.15, -0.1) is 10.2 Å². The van der Waals surface area contributed by atoms with Crippen LogP contribution in [0.2, 0.25) is 0 Å². The van der Waals surface area contributed by atoms with Crippen LogP contribution in [0.4, 0.5) is 5.13 Å². The lowest BCUT2D eigenvalue weighted by atomic mass is 10.4. The summed E-state index contributed by atoms with van der Waals surface area (Å²) in [7, 11) is 0. The van der Waals surface area contributed by atoms with Crippen LogP contribution in [-0.4, -0.2) is 39.2 Å². The number of anilines is 1. The minimum atomic E-state index is -0.205. The van der Waals surface area contributed by atoms with Crippen molar-refractivity contribution >= 4 is 22.4 Å². The Morgan fingerprint density at radius 3 is 3.11 bits per heavy atom. The van der Waals surface area contributed by atoms with Crippen molar-refractivity contribution in [2.75, 3.05) is 18.4 Å². The Labute approximate surface area is 108 Å². The Bertz CT molecular complexity index is 494. The van der Waals surface area contributed by atoms with Crippen molar-refractivity contribution in [3.63, 3.8) is 0 Å². The van der Waals surface area contributed by atoms with E-state index < -0.39 is 0 Å². The van der Waals surface area contributed by atoms with E-state index in [4.69, 9.17) is 0 Å². The number of carbonyl (C=O) groups excluding carboxylic acids is 1. The van der Waals surface area contributed by atoms with E-state index in [9.17, 15) is 4.79 Å². The summed E-state index contributed by atoms with van der Waals surface area (Å²) in [5.74, 6) is 0.643. The molecular weight excluding hydrogens is 252 g/mol. The highest BCUT2D eigenvalue weighted by molar-refractivity contribution is 7.17. The number of aromatic nitrogens is 4. The number of hydrogen-bond donors (Lipinski definition) is 3. The van der Waals surface area contributed by atoms with Gasteiger partial charge in [-0.25, -0.2) is 4.98 Å². The second-order valence-electron chi connectivity index (χ2n) is 3.48. The van der Waals surface area contributed by atoms with E-state index in [0.717, 1.165) is 12.4 Å². The van der Waals surface area contributed by atoms with Gasteiger partial charge in [-0.3, -0.25) is 4.79 Å². The molecule has 8 heteroatoms. The molecule has 0 fully saturated rings. The van der Waals surface area contributed by atoms with Gasteiger partial charge in [0.05, 0.1) is 0 Å². The van der Waals surface area contributed by atoms with Gasteiger partial charge in [-0.1, -0.05) is 11.3 Å². The van der Waals surface area contributed by atoms with E-state index in [2.05, 4.69) is 30.8 Å². The number of amides is 1. The van der Waals surface area contributed by atoms with E-state index in [1.165, 1.54) is 11.3 Å². The Kier molecular flexibility index (Phi) is 4.24. The maximum Gasteiger partial charge on any atom is 0.282 e. The van der Waals surface area contributed by atoms with Crippen LogP contribution >= 0.6 is 11.3 Å². The SMILES string of the molecule is CCNc1nnc(C(=O)NCCc2ncc[nH]2)s1. The number of aromatic amines is 1. The Balaban J connectivity index is 1.80. The molecule has 0 saturated heterocycles. The summed E-state index contributed by atoms with van der Waals surface area (Å²) < 4.78 is 0. The third-order valence-corrected chi connectivity index (χ3v) is 3.03. The molecule has 0 aromatic carbocycles. The summed E-state index contributed by atoms with van der Waals surface area (Å²) >= 11 is 1.24. The second-order valence-corrected chi connectivity index (χ2v) is 4.46. The molecule has 2 aromatic heterocycles. The van der Waals surface area contributed by atoms with Gasteiger partial charge in [-0.2, -0.15) is 0 Å². The lowest BCUT2D eigenvalue weighted by Crippen LogP contribution is -2.25. The van der Waals surface area contributed by atoms with Gasteiger partial charge in [-0.05, 0) is 6.92 Å². The zero-order valence-electron chi connectivity index (χ0n) is 9.93. The molecule has 0 aliphatic carbocycles. The number of nitrogens with one attached hydrogen (secondary N) is 3. The minimum absolute atomic E-state index is 0.205. The van der Waals surface area contributed by atoms with E-state index >= 15 is 0 Å². The number of nitrogens with zero attached hydrogens (tertiary/aromatic N) is 3. The lowest BCUT2D eigenvalue weighted by molar-refractivity contribution is 0.0953. The quantitative estimate of drug-likeness (QED) is 0.714. The third-order valence-electron chi connectivity index (χ3n) is 2.15. The normalized spacial score (nSPS) is 10.3. The van der Waals surface area contributed by atoms with Gasteiger partial charge in [0.15, 0.2) is 0 Å². The van der Waals surface area contributed by atoms with Crippen molar-refractivity contribution in [1.29, 1.82) is 0 Å². The predicted octanol–water partition coefficient (Wildman–Crippen LogP) is 0.665. The van der Waals surface area contributed by atoms with Crippen LogP contribution in [0.1, 0.15) is 22.6 Å². The van der Waals surface area contributed by atoms with Crippen LogP contribution in [0.5, 0.6) is 0 Å². The summed E-state index contributed by atoms with van der Waals surface area (Å²) in [6.07, 6.45) is 4.10. The van der Waals surface area contributed by atoms with Crippen molar-refractivity contribution in [3.05, 3.63) is 23.2 Å². The second kappa shape index (κ2) is 6.10. The molecule has 0 saturated carbocycles. The predicted molar refractivity (Wildman–Crippen MR) is 68.7 cm³/mol. The molecule has 1 amide bonds. The molecule has 0 bridgehead atoms. The van der Waals surface area contributed by atoms with E-state index in [-0.39, 0.29) is 5.91 Å². The zero-order valence-corrected chi connectivity index (χ0v) is 10.8. The Morgan fingerprint density at radius 1 is 1.50 bits per heavy atom. The van der Waals surface area contributed by atoms with Crippen LogP contribution < -0.4 is 10.6 Å². The van der Waals surface area contributed by atoms with Crippen molar-refractivity contribution in [1.82, 2.24) is 25.5 Å². The fourth-order valence-electron chi connectivity index (χ4n) is 1.34. The average molecular weight is 266 g/mol. The van der Waals surface area contributed by atoms with Crippen LogP contribution in [0.3, 0.4) is 0 Å². The summed E-state index contributed by atoms with van der Waals surface area (Å²) in [5.41, 5.74) is 0. The highest BCUT2D eigenvalue weighted by Gasteiger charge is 2.11. The molecule has 2 aromatic rings. The average Bonchev–Trinajstić information content (AvgIpc) is 3.00. The molecule has 7 nitrogen and oxygen atoms in total. The fraction of sp³-hybridized carbons (Fsp3) is 0.400. The van der Waals surface area contributed by atoms with E-state index in [1.807, 2.05) is 6.92 Å². The molecule has 18 heavy (non-hydrogen) atoms. The molecule has 2 rings (SSSR count). The van der Waals surface area contributed by atoms with Crippen molar-refractivity contribution < 1.29 is 4.79 Å². The minimum Gasteiger partial charge on any atom is -0.360 e. The lowest BCUT2D eigenvalue weighted by Gasteiger charge is -2.00. The van der Waals surface area contributed by atoms with Gasteiger partial charge >= 0.3 is 0 Å². The third kappa shape index (κ3) is 3.27. The molecule has 0 atom stereocenters. The summed E-state index contributed by atoms with van der Waals surface area (Å²) in [4.78, 5) is 18.8. The number of hydrogen-bond acceptors (Lipinski definition) is 6. The smallest absolute Gasteiger partial charge is 0.282 e. The fourth-order valence-corrected chi connectivity index (χ4v) is 2.07. The van der Waals surface area contributed by atoms with Crippen LogP contribution in [0, 0.1) is 0 Å². The first-order valence-electron chi connectivity index (χ1n) is 5.63. The summed E-state index contributed by atoms with van der Waals surface area (Å²) in [6, 6.07) is 0. The molecule has 2 heterocycles. The first-order chi connectivity index (χ1) is 8.79. The molecule has 0 unspecified atom stereocenters. The first kappa shape index (κ1) is 12.5. The molecular formula is C10H14N6OS. The van der Waals surface area contributed by atoms with E-state index in [0.29, 0.717) is 23.1 Å². The molecule has 96 valence electrons. The highest BCUT2D eigenvalue weighted by atomic mass is 32.1.